The van der Waals surface area contributed by atoms with E-state index < -0.39 is 0 Å². The summed E-state index contributed by atoms with van der Waals surface area (Å²) in [6, 6.07) is 14.6. The Labute approximate surface area is 120 Å². The highest BCUT2D eigenvalue weighted by molar-refractivity contribution is 6.33. The van der Waals surface area contributed by atoms with Crippen molar-refractivity contribution in [3.8, 4) is 0 Å². The van der Waals surface area contributed by atoms with Crippen LogP contribution in [0, 0.1) is 6.92 Å². The Morgan fingerprint density at radius 3 is 2.37 bits per heavy atom. The van der Waals surface area contributed by atoms with Gasteiger partial charge in [0.15, 0.2) is 0 Å². The first-order valence-electron chi connectivity index (χ1n) is 6.35. The van der Waals surface area contributed by atoms with Crippen LogP contribution in [0.2, 0.25) is 5.02 Å². The van der Waals surface area contributed by atoms with Crippen molar-refractivity contribution in [1.29, 1.82) is 0 Å². The third kappa shape index (κ3) is 3.28. The topological polar surface area (TPSA) is 15.3 Å². The van der Waals surface area contributed by atoms with Crippen LogP contribution in [0.5, 0.6) is 0 Å². The second kappa shape index (κ2) is 6.09. The summed E-state index contributed by atoms with van der Waals surface area (Å²) >= 11 is 6.37. The molecule has 100 valence electrons. The van der Waals surface area contributed by atoms with Crippen LogP contribution in [-0.4, -0.2) is 14.1 Å². The summed E-state index contributed by atoms with van der Waals surface area (Å²) in [6.45, 7) is 2.91. The molecule has 2 rings (SSSR count). The van der Waals surface area contributed by atoms with Crippen molar-refractivity contribution >= 4 is 23.0 Å². The Balaban J connectivity index is 2.28. The minimum absolute atomic E-state index is 0.774. The molecular weight excluding hydrogens is 256 g/mol. The number of rotatable bonds is 4. The average Bonchev–Trinajstić information content (AvgIpc) is 2.39. The monoisotopic (exact) mass is 274 g/mol. The fourth-order valence-electron chi connectivity index (χ4n) is 2.04. The molecule has 0 aliphatic carbocycles. The predicted molar refractivity (Wildman–Crippen MR) is 83.5 cm³/mol. The Hall–Kier alpha value is -1.51. The lowest BCUT2D eigenvalue weighted by Crippen LogP contribution is -2.11. The number of halogens is 1. The van der Waals surface area contributed by atoms with E-state index in [-0.39, 0.29) is 0 Å². The summed E-state index contributed by atoms with van der Waals surface area (Å²) in [4.78, 5) is 2.10. The van der Waals surface area contributed by atoms with Gasteiger partial charge < -0.3 is 10.2 Å². The molecular formula is C16H19ClN2. The molecule has 0 saturated heterocycles. The quantitative estimate of drug-likeness (QED) is 0.902. The van der Waals surface area contributed by atoms with Crippen molar-refractivity contribution in [2.75, 3.05) is 19.0 Å². The van der Waals surface area contributed by atoms with Crippen molar-refractivity contribution < 1.29 is 0 Å². The normalized spacial score (nSPS) is 10.5. The minimum Gasteiger partial charge on any atom is -0.343 e. The number of nitrogens with one attached hydrogen (secondary N) is 1. The van der Waals surface area contributed by atoms with Crippen molar-refractivity contribution in [3.05, 3.63) is 58.6 Å². The predicted octanol–water partition coefficient (Wildman–Crippen LogP) is 4.14. The molecule has 0 bridgehead atoms. The second-order valence-electron chi connectivity index (χ2n) is 4.71. The average molecular weight is 275 g/mol. The molecule has 0 spiro atoms. The summed E-state index contributed by atoms with van der Waals surface area (Å²) in [5.74, 6) is 0. The summed E-state index contributed by atoms with van der Waals surface area (Å²) < 4.78 is 0. The van der Waals surface area contributed by atoms with E-state index in [1.54, 1.807) is 0 Å². The lowest BCUT2D eigenvalue weighted by molar-refractivity contribution is 0.818. The van der Waals surface area contributed by atoms with Crippen LogP contribution in [0.25, 0.3) is 0 Å². The SMILES string of the molecule is CNCc1ccc(N(C)c2ccc(C)cc2)c(Cl)c1. The number of hydrogen-bond acceptors (Lipinski definition) is 2. The third-order valence-corrected chi connectivity index (χ3v) is 3.48. The van der Waals surface area contributed by atoms with Gasteiger partial charge in [0.25, 0.3) is 0 Å². The molecule has 3 heteroatoms. The van der Waals surface area contributed by atoms with Gasteiger partial charge in [0.1, 0.15) is 0 Å². The lowest BCUT2D eigenvalue weighted by Gasteiger charge is -2.21. The molecule has 0 amide bonds. The van der Waals surface area contributed by atoms with Crippen molar-refractivity contribution in [2.24, 2.45) is 0 Å². The standard InChI is InChI=1S/C16H19ClN2/c1-12-4-7-14(8-5-12)19(3)16-9-6-13(11-18-2)10-15(16)17/h4-10,18H,11H2,1-3H3. The molecule has 0 aliphatic rings. The van der Waals surface area contributed by atoms with Gasteiger partial charge in [-0.15, -0.1) is 0 Å². The molecule has 19 heavy (non-hydrogen) atoms. The molecule has 2 nitrogen and oxygen atoms in total. The zero-order valence-electron chi connectivity index (χ0n) is 11.6. The first-order valence-corrected chi connectivity index (χ1v) is 6.73. The zero-order chi connectivity index (χ0) is 13.8. The Kier molecular flexibility index (Phi) is 4.46. The molecule has 1 N–H and O–H groups in total. The molecule has 0 heterocycles. The zero-order valence-corrected chi connectivity index (χ0v) is 12.3. The van der Waals surface area contributed by atoms with Crippen LogP contribution in [0.4, 0.5) is 11.4 Å². The fourth-order valence-corrected chi connectivity index (χ4v) is 2.37. The van der Waals surface area contributed by atoms with Gasteiger partial charge in [-0.25, -0.2) is 0 Å². The van der Waals surface area contributed by atoms with E-state index in [9.17, 15) is 0 Å². The van der Waals surface area contributed by atoms with Crippen LogP contribution in [-0.2, 0) is 6.54 Å². The van der Waals surface area contributed by atoms with Gasteiger partial charge in [0.2, 0.25) is 0 Å². The Morgan fingerprint density at radius 2 is 1.79 bits per heavy atom. The van der Waals surface area contributed by atoms with E-state index in [1.807, 2.05) is 20.2 Å². The van der Waals surface area contributed by atoms with Gasteiger partial charge in [-0.1, -0.05) is 35.4 Å². The second-order valence-corrected chi connectivity index (χ2v) is 5.12. The Bertz CT molecular complexity index is 549. The molecule has 0 radical (unpaired) electrons. The summed E-state index contributed by atoms with van der Waals surface area (Å²) in [7, 11) is 3.96. The van der Waals surface area contributed by atoms with Gasteiger partial charge in [-0.2, -0.15) is 0 Å². The highest BCUT2D eigenvalue weighted by Crippen LogP contribution is 2.31. The van der Waals surface area contributed by atoms with Gasteiger partial charge in [0.05, 0.1) is 10.7 Å². The van der Waals surface area contributed by atoms with Gasteiger partial charge in [-0.3, -0.25) is 0 Å². The third-order valence-electron chi connectivity index (χ3n) is 3.18. The first-order chi connectivity index (χ1) is 9.11. The highest BCUT2D eigenvalue weighted by Gasteiger charge is 2.08. The van der Waals surface area contributed by atoms with Crippen LogP contribution >= 0.6 is 11.6 Å². The minimum atomic E-state index is 0.774. The van der Waals surface area contributed by atoms with E-state index >= 15 is 0 Å². The van der Waals surface area contributed by atoms with Gasteiger partial charge in [-0.05, 0) is 43.8 Å². The molecule has 0 aliphatic heterocycles. The van der Waals surface area contributed by atoms with E-state index in [4.69, 9.17) is 11.6 Å². The van der Waals surface area contributed by atoms with Crippen molar-refractivity contribution in [2.45, 2.75) is 13.5 Å². The molecule has 2 aromatic carbocycles. The highest BCUT2D eigenvalue weighted by atomic mass is 35.5. The molecule has 0 unspecified atom stereocenters. The molecule has 0 aromatic heterocycles. The molecule has 2 aromatic rings. The van der Waals surface area contributed by atoms with E-state index in [2.05, 4.69) is 53.5 Å². The van der Waals surface area contributed by atoms with E-state index in [0.717, 1.165) is 22.9 Å². The summed E-state index contributed by atoms with van der Waals surface area (Å²) in [5, 5.41) is 3.90. The maximum atomic E-state index is 6.37. The maximum Gasteiger partial charge on any atom is 0.0646 e. The van der Waals surface area contributed by atoms with Crippen LogP contribution in [0.1, 0.15) is 11.1 Å². The largest absolute Gasteiger partial charge is 0.343 e. The number of anilines is 2. The molecule has 0 saturated carbocycles. The number of hydrogen-bond donors (Lipinski definition) is 1. The van der Waals surface area contributed by atoms with Crippen LogP contribution < -0.4 is 10.2 Å². The molecule has 0 atom stereocenters. The van der Waals surface area contributed by atoms with Crippen molar-refractivity contribution in [3.63, 3.8) is 0 Å². The summed E-state index contributed by atoms with van der Waals surface area (Å²) in [5.41, 5.74) is 4.60. The first kappa shape index (κ1) is 13.9. The van der Waals surface area contributed by atoms with Crippen LogP contribution in [0.3, 0.4) is 0 Å². The number of benzene rings is 2. The van der Waals surface area contributed by atoms with E-state index in [1.165, 1.54) is 11.1 Å². The Morgan fingerprint density at radius 1 is 1.11 bits per heavy atom. The van der Waals surface area contributed by atoms with Gasteiger partial charge in [0, 0.05) is 19.3 Å². The van der Waals surface area contributed by atoms with Gasteiger partial charge >= 0.3 is 0 Å². The number of nitrogens with zero attached hydrogens (tertiary/aromatic N) is 1. The maximum absolute atomic E-state index is 6.37. The number of aryl methyl sites for hydroxylation is 1. The fraction of sp³-hybridized carbons (Fsp3) is 0.250. The van der Waals surface area contributed by atoms with E-state index in [0.29, 0.717) is 0 Å². The molecule has 0 fully saturated rings. The summed E-state index contributed by atoms with van der Waals surface area (Å²) in [6.07, 6.45) is 0. The lowest BCUT2D eigenvalue weighted by atomic mass is 10.1. The smallest absolute Gasteiger partial charge is 0.0646 e. The van der Waals surface area contributed by atoms with Crippen molar-refractivity contribution in [1.82, 2.24) is 5.32 Å². The van der Waals surface area contributed by atoms with Crippen LogP contribution in [0.15, 0.2) is 42.5 Å².